The van der Waals surface area contributed by atoms with E-state index in [9.17, 15) is 15.0 Å². The number of aryl methyl sites for hydroxylation is 1. The molecule has 1 aliphatic rings. The Labute approximate surface area is 226 Å². The van der Waals surface area contributed by atoms with Crippen molar-refractivity contribution in [2.45, 2.75) is 64.5 Å². The van der Waals surface area contributed by atoms with Crippen molar-refractivity contribution in [1.29, 1.82) is 0 Å². The second-order valence-electron chi connectivity index (χ2n) is 9.99. The van der Waals surface area contributed by atoms with Gasteiger partial charge in [-0.25, -0.2) is 0 Å². The number of amides is 1. The first-order chi connectivity index (χ1) is 18.4. The molecule has 2 heterocycles. The van der Waals surface area contributed by atoms with E-state index in [4.69, 9.17) is 14.2 Å². The summed E-state index contributed by atoms with van der Waals surface area (Å²) >= 11 is 0. The summed E-state index contributed by atoms with van der Waals surface area (Å²) in [6.07, 6.45) is 3.50. The van der Waals surface area contributed by atoms with Crippen LogP contribution in [0.5, 0.6) is 5.75 Å². The van der Waals surface area contributed by atoms with Crippen LogP contribution >= 0.6 is 0 Å². The molecule has 1 amide bonds. The van der Waals surface area contributed by atoms with Gasteiger partial charge in [-0.1, -0.05) is 12.1 Å². The van der Waals surface area contributed by atoms with Crippen LogP contribution in [0.1, 0.15) is 37.3 Å². The van der Waals surface area contributed by atoms with Crippen molar-refractivity contribution in [2.75, 3.05) is 53.1 Å². The fraction of sp³-hybridized carbons (Fsp3) is 0.643. The predicted octanol–water partition coefficient (Wildman–Crippen LogP) is 1.86. The van der Waals surface area contributed by atoms with Crippen molar-refractivity contribution in [1.82, 2.24) is 19.6 Å². The first kappa shape index (κ1) is 30.0. The third-order valence-electron chi connectivity index (χ3n) is 6.78. The van der Waals surface area contributed by atoms with E-state index in [1.54, 1.807) is 4.90 Å². The molecule has 0 saturated carbocycles. The number of aliphatic hydroxyl groups is 2. The van der Waals surface area contributed by atoms with E-state index in [1.165, 1.54) is 19.6 Å². The first-order valence-corrected chi connectivity index (χ1v) is 13.5. The lowest BCUT2D eigenvalue weighted by Crippen LogP contribution is -2.48. The minimum absolute atomic E-state index is 0.0254. The SMILES string of the molecule is CO[C@H]1CN(C(C)=O)CCCN(Cc2cccc(OCCn3cc(C)cn3)c2)CCCCOC[C@H](O)[C@@H]1O. The number of rotatable bonds is 7. The molecule has 1 fully saturated rings. The van der Waals surface area contributed by atoms with Gasteiger partial charge in [0, 0.05) is 53.0 Å². The Hall–Kier alpha value is -2.50. The van der Waals surface area contributed by atoms with Crippen LogP contribution in [0.2, 0.25) is 0 Å². The Bertz CT molecular complexity index is 970. The predicted molar refractivity (Wildman–Crippen MR) is 144 cm³/mol. The molecule has 1 aliphatic heterocycles. The largest absolute Gasteiger partial charge is 0.492 e. The van der Waals surface area contributed by atoms with E-state index in [-0.39, 0.29) is 19.1 Å². The van der Waals surface area contributed by atoms with E-state index in [1.807, 2.05) is 36.1 Å². The Balaban J connectivity index is 1.59. The lowest BCUT2D eigenvalue weighted by atomic mass is 10.1. The quantitative estimate of drug-likeness (QED) is 0.556. The minimum atomic E-state index is -1.14. The topological polar surface area (TPSA) is 110 Å². The van der Waals surface area contributed by atoms with Gasteiger partial charge in [0.15, 0.2) is 0 Å². The summed E-state index contributed by atoms with van der Waals surface area (Å²) in [6.45, 7) is 8.53. The number of hydrogen-bond donors (Lipinski definition) is 2. The van der Waals surface area contributed by atoms with Crippen molar-refractivity contribution in [3.8, 4) is 5.75 Å². The van der Waals surface area contributed by atoms with Crippen LogP contribution in [0.4, 0.5) is 0 Å². The number of carbonyl (C=O) groups excluding carboxylic acids is 1. The maximum absolute atomic E-state index is 12.3. The smallest absolute Gasteiger partial charge is 0.219 e. The molecule has 2 N–H and O–H groups in total. The molecule has 1 aromatic heterocycles. The molecule has 1 saturated heterocycles. The molecule has 0 unspecified atom stereocenters. The van der Waals surface area contributed by atoms with Gasteiger partial charge in [0.2, 0.25) is 5.91 Å². The van der Waals surface area contributed by atoms with Gasteiger partial charge in [0.1, 0.15) is 30.7 Å². The number of ether oxygens (including phenoxy) is 3. The number of aromatic nitrogens is 2. The molecule has 0 bridgehead atoms. The molecule has 0 radical (unpaired) electrons. The zero-order valence-corrected chi connectivity index (χ0v) is 23.0. The molecule has 1 aromatic carbocycles. The highest BCUT2D eigenvalue weighted by Crippen LogP contribution is 2.17. The normalized spacial score (nSPS) is 23.0. The molecular weight excluding hydrogens is 488 g/mol. The molecule has 0 aliphatic carbocycles. The van der Waals surface area contributed by atoms with Gasteiger partial charge in [0.25, 0.3) is 0 Å². The molecule has 212 valence electrons. The number of nitrogens with zero attached hydrogens (tertiary/aromatic N) is 4. The number of aliphatic hydroxyl groups excluding tert-OH is 2. The van der Waals surface area contributed by atoms with Crippen molar-refractivity contribution in [3.63, 3.8) is 0 Å². The van der Waals surface area contributed by atoms with Gasteiger partial charge in [-0.15, -0.1) is 0 Å². The van der Waals surface area contributed by atoms with Gasteiger partial charge in [-0.2, -0.15) is 5.10 Å². The summed E-state index contributed by atoms with van der Waals surface area (Å²) in [5, 5.41) is 25.2. The average molecular weight is 533 g/mol. The average Bonchev–Trinajstić information content (AvgIpc) is 3.31. The number of benzene rings is 1. The monoisotopic (exact) mass is 532 g/mol. The number of methoxy groups -OCH3 is 1. The zero-order chi connectivity index (χ0) is 27.3. The maximum atomic E-state index is 12.3. The highest BCUT2D eigenvalue weighted by molar-refractivity contribution is 5.73. The Morgan fingerprint density at radius 1 is 1.18 bits per heavy atom. The van der Waals surface area contributed by atoms with Gasteiger partial charge < -0.3 is 29.3 Å². The standard InChI is InChI=1S/C28H44N4O6/c1-22-17-29-32(18-22)13-15-38-25-9-6-8-24(16-25)19-30-10-4-5-14-37-21-26(34)28(35)27(36-3)20-31(23(2)33)12-7-11-30/h6,8-9,16-18,26-28,34-35H,4-5,7,10-15,19-21H2,1-3H3/t26-,27-,28-/m0/s1. The third kappa shape index (κ3) is 9.99. The fourth-order valence-electron chi connectivity index (χ4n) is 4.60. The van der Waals surface area contributed by atoms with Gasteiger partial charge in [0.05, 0.1) is 19.3 Å². The summed E-state index contributed by atoms with van der Waals surface area (Å²) in [4.78, 5) is 16.4. The molecule has 10 nitrogen and oxygen atoms in total. The van der Waals surface area contributed by atoms with Crippen LogP contribution in [0.3, 0.4) is 0 Å². The van der Waals surface area contributed by atoms with Gasteiger partial charge in [-0.3, -0.25) is 14.4 Å². The van der Waals surface area contributed by atoms with E-state index < -0.39 is 18.3 Å². The van der Waals surface area contributed by atoms with Crippen LogP contribution in [-0.2, 0) is 27.4 Å². The summed E-state index contributed by atoms with van der Waals surface area (Å²) in [5.41, 5.74) is 2.30. The molecule has 0 spiro atoms. The lowest BCUT2D eigenvalue weighted by molar-refractivity contribution is -0.136. The van der Waals surface area contributed by atoms with Gasteiger partial charge in [-0.05, 0) is 56.0 Å². The zero-order valence-electron chi connectivity index (χ0n) is 23.0. The van der Waals surface area contributed by atoms with E-state index in [0.717, 1.165) is 50.2 Å². The van der Waals surface area contributed by atoms with Crippen molar-refractivity contribution in [2.24, 2.45) is 0 Å². The van der Waals surface area contributed by atoms with E-state index in [2.05, 4.69) is 22.1 Å². The molecule has 38 heavy (non-hydrogen) atoms. The lowest BCUT2D eigenvalue weighted by Gasteiger charge is -2.31. The summed E-state index contributed by atoms with van der Waals surface area (Å²) in [5.74, 6) is 0.750. The second-order valence-corrected chi connectivity index (χ2v) is 9.99. The van der Waals surface area contributed by atoms with E-state index in [0.29, 0.717) is 26.3 Å². The molecule has 2 aromatic rings. The molecule has 3 atom stereocenters. The Morgan fingerprint density at radius 3 is 2.74 bits per heavy atom. The third-order valence-corrected chi connectivity index (χ3v) is 6.78. The van der Waals surface area contributed by atoms with Crippen LogP contribution in [-0.4, -0.2) is 107 Å². The van der Waals surface area contributed by atoms with Crippen LogP contribution in [0.15, 0.2) is 36.7 Å². The summed E-state index contributed by atoms with van der Waals surface area (Å²) in [7, 11) is 1.48. The fourth-order valence-corrected chi connectivity index (χ4v) is 4.60. The molecule has 10 heteroatoms. The maximum Gasteiger partial charge on any atom is 0.219 e. The van der Waals surface area contributed by atoms with Crippen LogP contribution < -0.4 is 4.74 Å². The van der Waals surface area contributed by atoms with Gasteiger partial charge >= 0.3 is 0 Å². The van der Waals surface area contributed by atoms with Crippen molar-refractivity contribution in [3.05, 3.63) is 47.8 Å². The second kappa shape index (κ2) is 15.8. The van der Waals surface area contributed by atoms with Crippen LogP contribution in [0.25, 0.3) is 0 Å². The summed E-state index contributed by atoms with van der Waals surface area (Å²) < 4.78 is 18.9. The minimum Gasteiger partial charge on any atom is -0.492 e. The highest BCUT2D eigenvalue weighted by Gasteiger charge is 2.29. The number of hydrogen-bond acceptors (Lipinski definition) is 8. The van der Waals surface area contributed by atoms with Crippen molar-refractivity contribution >= 4 is 5.91 Å². The Kier molecular flexibility index (Phi) is 12.5. The summed E-state index contributed by atoms with van der Waals surface area (Å²) in [6, 6.07) is 8.18. The number of carbonyl (C=O) groups is 1. The van der Waals surface area contributed by atoms with E-state index >= 15 is 0 Å². The van der Waals surface area contributed by atoms with Crippen LogP contribution in [0, 0.1) is 6.92 Å². The highest BCUT2D eigenvalue weighted by atomic mass is 16.5. The first-order valence-electron chi connectivity index (χ1n) is 13.5. The molecular formula is C28H44N4O6. The molecule has 3 rings (SSSR count). The van der Waals surface area contributed by atoms with Crippen molar-refractivity contribution < 1.29 is 29.2 Å². The Morgan fingerprint density at radius 2 is 2.00 bits per heavy atom.